The topological polar surface area (TPSA) is 84.2 Å². The maximum Gasteiger partial charge on any atom is 0.242 e. The number of benzene rings is 2. The van der Waals surface area contributed by atoms with Crippen LogP contribution in [0.4, 0.5) is 17.1 Å². The fourth-order valence-electron chi connectivity index (χ4n) is 1.71. The van der Waals surface area contributed by atoms with Crippen LogP contribution in [0, 0.1) is 3.57 Å². The van der Waals surface area contributed by atoms with Gasteiger partial charge in [0.05, 0.1) is 5.69 Å². The van der Waals surface area contributed by atoms with Crippen molar-refractivity contribution in [2.45, 2.75) is 4.90 Å². The third-order valence-corrected chi connectivity index (χ3v) is 4.84. The second kappa shape index (κ2) is 5.98. The number of sulfonamides is 1. The van der Waals surface area contributed by atoms with Crippen molar-refractivity contribution in [1.82, 2.24) is 4.72 Å². The quantitative estimate of drug-likeness (QED) is 0.541. The molecular formula is C13H14IN3O2S. The van der Waals surface area contributed by atoms with Crippen molar-refractivity contribution in [3.8, 4) is 0 Å². The van der Waals surface area contributed by atoms with Crippen molar-refractivity contribution in [3.05, 3.63) is 46.0 Å². The van der Waals surface area contributed by atoms with Gasteiger partial charge < -0.3 is 11.1 Å². The summed E-state index contributed by atoms with van der Waals surface area (Å²) in [6.45, 7) is 0. The molecule has 0 aromatic heterocycles. The third kappa shape index (κ3) is 3.41. The lowest BCUT2D eigenvalue weighted by molar-refractivity contribution is 0.588. The van der Waals surface area contributed by atoms with E-state index in [0.29, 0.717) is 0 Å². The molecule has 0 fully saturated rings. The van der Waals surface area contributed by atoms with E-state index in [1.807, 2.05) is 24.3 Å². The second-order valence-electron chi connectivity index (χ2n) is 4.10. The number of nitrogens with two attached hydrogens (primary N) is 1. The fraction of sp³-hybridized carbons (Fsp3) is 0.0769. The highest BCUT2D eigenvalue weighted by molar-refractivity contribution is 14.1. The first kappa shape index (κ1) is 15.1. The highest BCUT2D eigenvalue weighted by Gasteiger charge is 2.15. The molecule has 0 heterocycles. The maximum atomic E-state index is 11.7. The normalized spacial score (nSPS) is 11.3. The van der Waals surface area contributed by atoms with Gasteiger partial charge >= 0.3 is 0 Å². The Bertz CT molecular complexity index is 732. The smallest absolute Gasteiger partial charge is 0.242 e. The first-order chi connectivity index (χ1) is 9.42. The summed E-state index contributed by atoms with van der Waals surface area (Å²) < 4.78 is 26.8. The Morgan fingerprint density at radius 1 is 1.10 bits per heavy atom. The lowest BCUT2D eigenvalue weighted by atomic mass is 10.2. The SMILES string of the molecule is CNS(=O)(=O)c1ccc(Nc2cccc(I)c2)cc1N. The van der Waals surface area contributed by atoms with Gasteiger partial charge in [0.25, 0.3) is 0 Å². The summed E-state index contributed by atoms with van der Waals surface area (Å²) in [6.07, 6.45) is 0. The zero-order valence-electron chi connectivity index (χ0n) is 10.7. The van der Waals surface area contributed by atoms with Crippen molar-refractivity contribution < 1.29 is 8.42 Å². The Hall–Kier alpha value is -1.32. The lowest BCUT2D eigenvalue weighted by Crippen LogP contribution is -2.19. The summed E-state index contributed by atoms with van der Waals surface area (Å²) in [7, 11) is -2.18. The maximum absolute atomic E-state index is 11.7. The van der Waals surface area contributed by atoms with E-state index >= 15 is 0 Å². The number of halogens is 1. The zero-order chi connectivity index (χ0) is 14.8. The minimum atomic E-state index is -3.53. The van der Waals surface area contributed by atoms with E-state index in [-0.39, 0.29) is 10.6 Å². The number of rotatable bonds is 4. The van der Waals surface area contributed by atoms with Crippen LogP contribution in [0.5, 0.6) is 0 Å². The van der Waals surface area contributed by atoms with Gasteiger partial charge in [-0.15, -0.1) is 0 Å². The molecule has 20 heavy (non-hydrogen) atoms. The van der Waals surface area contributed by atoms with Crippen LogP contribution in [-0.2, 0) is 10.0 Å². The molecule has 0 aliphatic carbocycles. The van der Waals surface area contributed by atoms with E-state index < -0.39 is 10.0 Å². The summed E-state index contributed by atoms with van der Waals surface area (Å²) in [6, 6.07) is 12.6. The van der Waals surface area contributed by atoms with E-state index in [9.17, 15) is 8.42 Å². The molecule has 106 valence electrons. The minimum absolute atomic E-state index is 0.0770. The molecule has 2 aromatic rings. The number of hydrogen-bond acceptors (Lipinski definition) is 4. The van der Waals surface area contributed by atoms with Gasteiger partial charge in [0.1, 0.15) is 4.90 Å². The van der Waals surface area contributed by atoms with Crippen LogP contribution in [0.1, 0.15) is 0 Å². The average Bonchev–Trinajstić information content (AvgIpc) is 2.38. The van der Waals surface area contributed by atoms with E-state index in [0.717, 1.165) is 14.9 Å². The Morgan fingerprint density at radius 3 is 2.40 bits per heavy atom. The number of nitrogens with one attached hydrogen (secondary N) is 2. The molecule has 0 bridgehead atoms. The Kier molecular flexibility index (Phi) is 4.51. The molecular weight excluding hydrogens is 389 g/mol. The van der Waals surface area contributed by atoms with E-state index in [1.165, 1.54) is 13.1 Å². The standard InChI is InChI=1S/C13H14IN3O2S/c1-16-20(18,19)13-6-5-11(8-12(13)15)17-10-4-2-3-9(14)7-10/h2-8,16-17H,15H2,1H3. The average molecular weight is 403 g/mol. The van der Waals surface area contributed by atoms with Gasteiger partial charge in [-0.2, -0.15) is 0 Å². The van der Waals surface area contributed by atoms with Gasteiger partial charge in [0.2, 0.25) is 10.0 Å². The van der Waals surface area contributed by atoms with Crippen molar-refractivity contribution in [1.29, 1.82) is 0 Å². The molecule has 0 spiro atoms. The van der Waals surface area contributed by atoms with Crippen molar-refractivity contribution in [2.24, 2.45) is 0 Å². The van der Waals surface area contributed by atoms with Crippen LogP contribution in [0.3, 0.4) is 0 Å². The van der Waals surface area contributed by atoms with Crippen molar-refractivity contribution >= 4 is 49.7 Å². The summed E-state index contributed by atoms with van der Waals surface area (Å²) in [5, 5.41) is 3.18. The molecule has 0 saturated carbocycles. The van der Waals surface area contributed by atoms with Crippen molar-refractivity contribution in [2.75, 3.05) is 18.1 Å². The summed E-state index contributed by atoms with van der Waals surface area (Å²) in [4.78, 5) is 0.0770. The van der Waals surface area contributed by atoms with E-state index in [2.05, 4.69) is 32.6 Å². The molecule has 7 heteroatoms. The van der Waals surface area contributed by atoms with Crippen LogP contribution in [0.15, 0.2) is 47.4 Å². The molecule has 0 unspecified atom stereocenters. The number of hydrogen-bond donors (Lipinski definition) is 3. The molecule has 0 radical (unpaired) electrons. The first-order valence-corrected chi connectivity index (χ1v) is 8.34. The van der Waals surface area contributed by atoms with Gasteiger partial charge in [-0.1, -0.05) is 6.07 Å². The molecule has 2 rings (SSSR count). The lowest BCUT2D eigenvalue weighted by Gasteiger charge is -2.10. The third-order valence-electron chi connectivity index (χ3n) is 2.68. The molecule has 0 atom stereocenters. The fourth-order valence-corrected chi connectivity index (χ4v) is 3.09. The summed E-state index contributed by atoms with van der Waals surface area (Å²) in [5.74, 6) is 0. The molecule has 2 aromatic carbocycles. The highest BCUT2D eigenvalue weighted by atomic mass is 127. The minimum Gasteiger partial charge on any atom is -0.398 e. The van der Waals surface area contributed by atoms with Gasteiger partial charge in [-0.05, 0) is 66.0 Å². The molecule has 0 amide bonds. The van der Waals surface area contributed by atoms with E-state index in [4.69, 9.17) is 5.73 Å². The summed E-state index contributed by atoms with van der Waals surface area (Å²) in [5.41, 5.74) is 7.66. The monoisotopic (exact) mass is 403 g/mol. The van der Waals surface area contributed by atoms with Crippen LogP contribution >= 0.6 is 22.6 Å². The molecule has 0 aliphatic heterocycles. The Balaban J connectivity index is 2.30. The van der Waals surface area contributed by atoms with E-state index in [1.54, 1.807) is 12.1 Å². The van der Waals surface area contributed by atoms with Crippen LogP contribution in [0.25, 0.3) is 0 Å². The van der Waals surface area contributed by atoms with Gasteiger partial charge in [-0.25, -0.2) is 13.1 Å². The predicted molar refractivity (Wildman–Crippen MR) is 89.5 cm³/mol. The van der Waals surface area contributed by atoms with Gasteiger partial charge in [-0.3, -0.25) is 0 Å². The molecule has 0 aliphatic rings. The molecule has 4 N–H and O–H groups in total. The second-order valence-corrected chi connectivity index (χ2v) is 7.20. The predicted octanol–water partition coefficient (Wildman–Crippen LogP) is 2.53. The van der Waals surface area contributed by atoms with Gasteiger partial charge in [0.15, 0.2) is 0 Å². The van der Waals surface area contributed by atoms with Crippen LogP contribution < -0.4 is 15.8 Å². The Morgan fingerprint density at radius 2 is 1.80 bits per heavy atom. The zero-order valence-corrected chi connectivity index (χ0v) is 13.7. The number of anilines is 3. The van der Waals surface area contributed by atoms with Gasteiger partial charge in [0, 0.05) is 14.9 Å². The first-order valence-electron chi connectivity index (χ1n) is 5.78. The molecule has 5 nitrogen and oxygen atoms in total. The number of nitrogen functional groups attached to an aromatic ring is 1. The molecule has 0 saturated heterocycles. The summed E-state index contributed by atoms with van der Waals surface area (Å²) >= 11 is 2.22. The highest BCUT2D eigenvalue weighted by Crippen LogP contribution is 2.25. The van der Waals surface area contributed by atoms with Crippen molar-refractivity contribution in [3.63, 3.8) is 0 Å². The Labute approximate surface area is 131 Å². The van der Waals surface area contributed by atoms with Crippen LogP contribution in [-0.4, -0.2) is 15.5 Å². The van der Waals surface area contributed by atoms with Crippen LogP contribution in [0.2, 0.25) is 0 Å². The largest absolute Gasteiger partial charge is 0.398 e.